The molecule has 3 nitrogen and oxygen atoms in total. The Hall–Kier alpha value is -0.930. The van der Waals surface area contributed by atoms with E-state index >= 15 is 0 Å². The van der Waals surface area contributed by atoms with Crippen molar-refractivity contribution in [1.29, 1.82) is 0 Å². The van der Waals surface area contributed by atoms with Crippen molar-refractivity contribution in [3.63, 3.8) is 0 Å². The smallest absolute Gasteiger partial charge is 0.0547 e. The molecule has 3 heteroatoms. The lowest BCUT2D eigenvalue weighted by Crippen LogP contribution is -2.46. The fourth-order valence-corrected chi connectivity index (χ4v) is 2.31. The fourth-order valence-electron chi connectivity index (χ4n) is 2.31. The van der Waals surface area contributed by atoms with Crippen molar-refractivity contribution in [1.82, 2.24) is 15.2 Å². The predicted octanol–water partition coefficient (Wildman–Crippen LogP) is 3.38. The van der Waals surface area contributed by atoms with Crippen LogP contribution in [0.4, 0.5) is 0 Å². The average molecular weight is 277 g/mol. The number of hydrogen-bond donors (Lipinski definition) is 1. The van der Waals surface area contributed by atoms with Crippen LogP contribution in [0.15, 0.2) is 18.2 Å². The van der Waals surface area contributed by atoms with E-state index in [1.165, 1.54) is 12.8 Å². The highest BCUT2D eigenvalue weighted by molar-refractivity contribution is 5.09. The van der Waals surface area contributed by atoms with E-state index in [9.17, 15) is 0 Å². The molecule has 1 N–H and O–H groups in total. The van der Waals surface area contributed by atoms with Crippen molar-refractivity contribution in [3.05, 3.63) is 29.6 Å². The minimum absolute atomic E-state index is 0.175. The molecule has 114 valence electrons. The zero-order chi connectivity index (χ0) is 15.2. The van der Waals surface area contributed by atoms with Gasteiger partial charge in [-0.2, -0.15) is 0 Å². The third kappa shape index (κ3) is 6.49. The third-order valence-electron chi connectivity index (χ3n) is 3.47. The lowest BCUT2D eigenvalue weighted by atomic mass is 10.1. The molecule has 1 unspecified atom stereocenters. The first-order valence-electron chi connectivity index (χ1n) is 7.69. The van der Waals surface area contributed by atoms with Gasteiger partial charge in [0, 0.05) is 30.4 Å². The monoisotopic (exact) mass is 277 g/mol. The van der Waals surface area contributed by atoms with Gasteiger partial charge in [0.1, 0.15) is 0 Å². The highest BCUT2D eigenvalue weighted by Crippen LogP contribution is 2.10. The molecule has 0 spiro atoms. The summed E-state index contributed by atoms with van der Waals surface area (Å²) in [5.41, 5.74) is 2.43. The molecule has 0 aliphatic rings. The van der Waals surface area contributed by atoms with E-state index in [0.29, 0.717) is 6.04 Å². The summed E-state index contributed by atoms with van der Waals surface area (Å²) in [4.78, 5) is 7.02. The molecule has 1 aromatic rings. The average Bonchev–Trinajstić information content (AvgIpc) is 2.33. The van der Waals surface area contributed by atoms with Crippen LogP contribution in [-0.2, 0) is 6.54 Å². The van der Waals surface area contributed by atoms with E-state index in [0.717, 1.165) is 24.5 Å². The molecule has 0 aromatic carbocycles. The van der Waals surface area contributed by atoms with E-state index in [2.05, 4.69) is 62.1 Å². The summed E-state index contributed by atoms with van der Waals surface area (Å²) in [6.45, 7) is 12.9. The van der Waals surface area contributed by atoms with Gasteiger partial charge >= 0.3 is 0 Å². The van der Waals surface area contributed by atoms with Gasteiger partial charge in [0.25, 0.3) is 0 Å². The number of aromatic nitrogens is 1. The minimum Gasteiger partial charge on any atom is -0.311 e. The van der Waals surface area contributed by atoms with Gasteiger partial charge in [-0.1, -0.05) is 19.4 Å². The molecule has 0 radical (unpaired) electrons. The molecule has 1 heterocycles. The molecule has 1 aromatic heterocycles. The lowest BCUT2D eigenvalue weighted by Gasteiger charge is -2.31. The maximum absolute atomic E-state index is 4.60. The zero-order valence-corrected chi connectivity index (χ0v) is 14.0. The minimum atomic E-state index is 0.175. The Morgan fingerprint density at radius 1 is 1.30 bits per heavy atom. The molecule has 0 amide bonds. The summed E-state index contributed by atoms with van der Waals surface area (Å²) in [5, 5.41) is 3.62. The Labute approximate surface area is 124 Å². The summed E-state index contributed by atoms with van der Waals surface area (Å²) in [6, 6.07) is 6.81. The van der Waals surface area contributed by atoms with Crippen molar-refractivity contribution in [2.45, 2.75) is 65.6 Å². The number of rotatable bonds is 7. The molecule has 0 fully saturated rings. The molecule has 0 saturated carbocycles. The zero-order valence-electron chi connectivity index (χ0n) is 14.0. The standard InChI is InChI=1S/C17H31N3/c1-7-9-16(12-18-17(3,4)5)20(6)13-15-11-8-10-14(2)19-15/h8,10-11,16,18H,7,9,12-13H2,1-6H3. The molecule has 0 aliphatic heterocycles. The summed E-state index contributed by atoms with van der Waals surface area (Å²) >= 11 is 0. The SMILES string of the molecule is CCCC(CNC(C)(C)C)N(C)Cc1cccc(C)n1. The number of nitrogens with zero attached hydrogens (tertiary/aromatic N) is 2. The van der Waals surface area contributed by atoms with Crippen LogP contribution in [-0.4, -0.2) is 35.1 Å². The van der Waals surface area contributed by atoms with Gasteiger partial charge in [-0.25, -0.2) is 0 Å². The van der Waals surface area contributed by atoms with Crippen LogP contribution in [0.1, 0.15) is 51.9 Å². The van der Waals surface area contributed by atoms with E-state index in [1.807, 2.05) is 13.0 Å². The number of nitrogens with one attached hydrogen (secondary N) is 1. The summed E-state index contributed by atoms with van der Waals surface area (Å²) in [5.74, 6) is 0. The van der Waals surface area contributed by atoms with Gasteiger partial charge in [-0.3, -0.25) is 9.88 Å². The van der Waals surface area contributed by atoms with E-state index < -0.39 is 0 Å². The Morgan fingerprint density at radius 2 is 2.00 bits per heavy atom. The van der Waals surface area contributed by atoms with Gasteiger partial charge in [0.2, 0.25) is 0 Å². The first-order valence-corrected chi connectivity index (χ1v) is 7.69. The topological polar surface area (TPSA) is 28.2 Å². The predicted molar refractivity (Wildman–Crippen MR) is 86.9 cm³/mol. The Bertz CT molecular complexity index is 395. The fraction of sp³-hybridized carbons (Fsp3) is 0.706. The van der Waals surface area contributed by atoms with E-state index in [4.69, 9.17) is 0 Å². The second kappa shape index (κ2) is 7.75. The van der Waals surface area contributed by atoms with E-state index in [-0.39, 0.29) is 5.54 Å². The quantitative estimate of drug-likeness (QED) is 0.828. The van der Waals surface area contributed by atoms with Crippen LogP contribution in [0.5, 0.6) is 0 Å². The van der Waals surface area contributed by atoms with Crippen molar-refractivity contribution in [2.75, 3.05) is 13.6 Å². The second-order valence-electron chi connectivity index (χ2n) is 6.76. The highest BCUT2D eigenvalue weighted by Gasteiger charge is 2.17. The number of likely N-dealkylation sites (N-methyl/N-ethyl adjacent to an activating group) is 1. The van der Waals surface area contributed by atoms with E-state index in [1.54, 1.807) is 0 Å². The van der Waals surface area contributed by atoms with Crippen LogP contribution in [0.3, 0.4) is 0 Å². The Balaban J connectivity index is 2.61. The van der Waals surface area contributed by atoms with Crippen LogP contribution in [0.2, 0.25) is 0 Å². The Morgan fingerprint density at radius 3 is 2.55 bits per heavy atom. The first-order chi connectivity index (χ1) is 9.31. The molecule has 20 heavy (non-hydrogen) atoms. The van der Waals surface area contributed by atoms with Crippen LogP contribution in [0.25, 0.3) is 0 Å². The molecular weight excluding hydrogens is 246 g/mol. The van der Waals surface area contributed by atoms with Crippen LogP contribution < -0.4 is 5.32 Å². The van der Waals surface area contributed by atoms with Gasteiger partial charge in [-0.05, 0) is 53.3 Å². The van der Waals surface area contributed by atoms with Crippen molar-refractivity contribution in [3.8, 4) is 0 Å². The van der Waals surface area contributed by atoms with Crippen molar-refractivity contribution in [2.24, 2.45) is 0 Å². The molecule has 1 rings (SSSR count). The number of pyridine rings is 1. The van der Waals surface area contributed by atoms with Gasteiger partial charge in [-0.15, -0.1) is 0 Å². The van der Waals surface area contributed by atoms with Crippen LogP contribution in [0, 0.1) is 6.92 Å². The maximum atomic E-state index is 4.60. The number of hydrogen-bond acceptors (Lipinski definition) is 3. The number of aryl methyl sites for hydroxylation is 1. The lowest BCUT2D eigenvalue weighted by molar-refractivity contribution is 0.200. The van der Waals surface area contributed by atoms with Crippen molar-refractivity contribution >= 4 is 0 Å². The van der Waals surface area contributed by atoms with Gasteiger partial charge in [0.15, 0.2) is 0 Å². The third-order valence-corrected chi connectivity index (χ3v) is 3.47. The summed E-state index contributed by atoms with van der Waals surface area (Å²) in [6.07, 6.45) is 2.42. The molecule has 0 saturated heterocycles. The molecule has 0 bridgehead atoms. The van der Waals surface area contributed by atoms with Crippen LogP contribution >= 0.6 is 0 Å². The largest absolute Gasteiger partial charge is 0.311 e. The highest BCUT2D eigenvalue weighted by atomic mass is 15.2. The Kier molecular flexibility index (Phi) is 6.63. The molecule has 0 aliphatic carbocycles. The molecule has 1 atom stereocenters. The summed E-state index contributed by atoms with van der Waals surface area (Å²) in [7, 11) is 2.20. The van der Waals surface area contributed by atoms with Gasteiger partial charge < -0.3 is 5.32 Å². The van der Waals surface area contributed by atoms with Crippen molar-refractivity contribution < 1.29 is 0 Å². The summed E-state index contributed by atoms with van der Waals surface area (Å²) < 4.78 is 0. The van der Waals surface area contributed by atoms with Gasteiger partial charge in [0.05, 0.1) is 5.69 Å². The maximum Gasteiger partial charge on any atom is 0.0547 e. The first kappa shape index (κ1) is 17.1. The molecular formula is C17H31N3. The normalized spacial score (nSPS) is 13.8. The second-order valence-corrected chi connectivity index (χ2v) is 6.76.